The van der Waals surface area contributed by atoms with Crippen molar-refractivity contribution in [3.63, 3.8) is 0 Å². The van der Waals surface area contributed by atoms with Gasteiger partial charge in [0.15, 0.2) is 15.2 Å². The molecule has 3 heterocycles. The number of aliphatic carboxylic acids is 1. The third kappa shape index (κ3) is 2.11. The molecule has 2 aliphatic rings. The molecular formula is C13H9ClN2O5S. The SMILES string of the molecule is O=C(O)C1=C(Cl)CS(=O)(=O)[C@@H]2/C(=C\c3ccccn3)C(=O)N12. The minimum absolute atomic E-state index is 0.0124. The highest BCUT2D eigenvalue weighted by Gasteiger charge is 2.56. The van der Waals surface area contributed by atoms with Gasteiger partial charge in [-0.25, -0.2) is 13.2 Å². The summed E-state index contributed by atoms with van der Waals surface area (Å²) in [6, 6.07) is 4.98. The van der Waals surface area contributed by atoms with Gasteiger partial charge in [-0.2, -0.15) is 0 Å². The number of halogens is 1. The molecule has 1 atom stereocenters. The molecule has 2 aliphatic heterocycles. The second kappa shape index (κ2) is 4.92. The highest BCUT2D eigenvalue weighted by Crippen LogP contribution is 2.41. The topological polar surface area (TPSA) is 105 Å². The van der Waals surface area contributed by atoms with E-state index in [1.54, 1.807) is 18.2 Å². The first kappa shape index (κ1) is 14.7. The van der Waals surface area contributed by atoms with Crippen molar-refractivity contribution in [2.45, 2.75) is 5.37 Å². The molecule has 0 aromatic carbocycles. The Morgan fingerprint density at radius 3 is 2.77 bits per heavy atom. The van der Waals surface area contributed by atoms with E-state index in [0.29, 0.717) is 10.6 Å². The van der Waals surface area contributed by atoms with Gasteiger partial charge in [0.25, 0.3) is 5.91 Å². The van der Waals surface area contributed by atoms with E-state index in [9.17, 15) is 18.0 Å². The van der Waals surface area contributed by atoms with Crippen LogP contribution in [0, 0.1) is 0 Å². The summed E-state index contributed by atoms with van der Waals surface area (Å²) >= 11 is 5.72. The predicted octanol–water partition coefficient (Wildman–Crippen LogP) is 0.597. The molecule has 22 heavy (non-hydrogen) atoms. The Labute approximate surface area is 130 Å². The summed E-state index contributed by atoms with van der Waals surface area (Å²) in [6.07, 6.45) is 2.85. The summed E-state index contributed by atoms with van der Waals surface area (Å²) in [5, 5.41) is 7.44. The van der Waals surface area contributed by atoms with E-state index in [1.807, 2.05) is 0 Å². The molecule has 1 aromatic heterocycles. The molecule has 0 spiro atoms. The van der Waals surface area contributed by atoms with Gasteiger partial charge in [-0.15, -0.1) is 0 Å². The zero-order valence-corrected chi connectivity index (χ0v) is 12.5. The highest BCUT2D eigenvalue weighted by atomic mass is 35.5. The highest BCUT2D eigenvalue weighted by molar-refractivity contribution is 7.92. The number of hydrogen-bond donors (Lipinski definition) is 1. The van der Waals surface area contributed by atoms with Crippen molar-refractivity contribution in [3.8, 4) is 0 Å². The van der Waals surface area contributed by atoms with E-state index in [0.717, 1.165) is 0 Å². The van der Waals surface area contributed by atoms with Crippen LogP contribution in [0.2, 0.25) is 0 Å². The molecule has 0 bridgehead atoms. The Balaban J connectivity index is 2.10. The van der Waals surface area contributed by atoms with Crippen LogP contribution in [-0.4, -0.2) is 46.4 Å². The second-order valence-electron chi connectivity index (χ2n) is 4.75. The average molecular weight is 341 g/mol. The standard InChI is InChI=1S/C13H9ClN2O5S/c14-9-6-22(20,21)12-8(5-7-3-1-2-4-15-7)11(17)16(12)10(9)13(18)19/h1-5,12H,6H2,(H,18,19)/b8-5-/t12-/m1/s1. The molecule has 1 fully saturated rings. The quantitative estimate of drug-likeness (QED) is 0.624. The molecule has 1 aromatic rings. The van der Waals surface area contributed by atoms with Crippen LogP contribution in [0.5, 0.6) is 0 Å². The van der Waals surface area contributed by atoms with Crippen molar-refractivity contribution >= 4 is 39.4 Å². The van der Waals surface area contributed by atoms with Crippen molar-refractivity contribution in [3.05, 3.63) is 46.4 Å². The molecule has 1 amide bonds. The molecule has 0 radical (unpaired) electrons. The Kier molecular flexibility index (Phi) is 3.30. The van der Waals surface area contributed by atoms with Gasteiger partial charge in [0.1, 0.15) is 5.70 Å². The van der Waals surface area contributed by atoms with Gasteiger partial charge in [0.05, 0.1) is 22.1 Å². The van der Waals surface area contributed by atoms with Crippen molar-refractivity contribution in [2.75, 3.05) is 5.75 Å². The number of fused-ring (bicyclic) bond motifs is 1. The smallest absolute Gasteiger partial charge is 0.353 e. The van der Waals surface area contributed by atoms with Crippen molar-refractivity contribution < 1.29 is 23.1 Å². The first-order valence-electron chi connectivity index (χ1n) is 6.12. The van der Waals surface area contributed by atoms with Gasteiger partial charge in [0, 0.05) is 6.20 Å². The first-order chi connectivity index (χ1) is 10.3. The fourth-order valence-corrected chi connectivity index (χ4v) is 4.78. The summed E-state index contributed by atoms with van der Waals surface area (Å²) in [5.74, 6) is -2.74. The molecule has 114 valence electrons. The number of carbonyl (C=O) groups is 2. The monoisotopic (exact) mass is 340 g/mol. The summed E-state index contributed by atoms with van der Waals surface area (Å²) in [6.45, 7) is 0. The van der Waals surface area contributed by atoms with Crippen molar-refractivity contribution in [1.82, 2.24) is 9.88 Å². The second-order valence-corrected chi connectivity index (χ2v) is 7.26. The summed E-state index contributed by atoms with van der Waals surface area (Å²) < 4.78 is 24.4. The fourth-order valence-electron chi connectivity index (χ4n) is 2.42. The number of pyridine rings is 1. The number of aromatic nitrogens is 1. The van der Waals surface area contributed by atoms with Crippen LogP contribution < -0.4 is 0 Å². The Bertz CT molecular complexity index is 844. The summed E-state index contributed by atoms with van der Waals surface area (Å²) in [4.78, 5) is 28.1. The predicted molar refractivity (Wildman–Crippen MR) is 77.1 cm³/mol. The molecule has 0 unspecified atom stereocenters. The zero-order valence-electron chi connectivity index (χ0n) is 10.9. The van der Waals surface area contributed by atoms with E-state index in [2.05, 4.69) is 4.98 Å². The van der Waals surface area contributed by atoms with E-state index >= 15 is 0 Å². The Morgan fingerprint density at radius 1 is 1.45 bits per heavy atom. The van der Waals surface area contributed by atoms with Gasteiger partial charge in [0.2, 0.25) is 0 Å². The van der Waals surface area contributed by atoms with Crippen LogP contribution in [0.4, 0.5) is 0 Å². The van der Waals surface area contributed by atoms with Crippen LogP contribution in [0.15, 0.2) is 40.7 Å². The largest absolute Gasteiger partial charge is 0.477 e. The van der Waals surface area contributed by atoms with Gasteiger partial charge in [-0.3, -0.25) is 14.7 Å². The van der Waals surface area contributed by atoms with Crippen molar-refractivity contribution in [1.29, 1.82) is 0 Å². The lowest BCUT2D eigenvalue weighted by Gasteiger charge is -2.44. The minimum Gasteiger partial charge on any atom is -0.477 e. The summed E-state index contributed by atoms with van der Waals surface area (Å²) in [7, 11) is -3.79. The number of nitrogens with zero attached hydrogens (tertiary/aromatic N) is 2. The number of carbonyl (C=O) groups excluding carboxylic acids is 1. The fraction of sp³-hybridized carbons (Fsp3) is 0.154. The van der Waals surface area contributed by atoms with Crippen LogP contribution >= 0.6 is 11.6 Å². The first-order valence-corrected chi connectivity index (χ1v) is 8.22. The lowest BCUT2D eigenvalue weighted by Crippen LogP contribution is -2.61. The van der Waals surface area contributed by atoms with Crippen LogP contribution in [0.25, 0.3) is 6.08 Å². The molecule has 0 saturated carbocycles. The number of amides is 1. The third-order valence-corrected chi connectivity index (χ3v) is 5.63. The minimum atomic E-state index is -3.79. The lowest BCUT2D eigenvalue weighted by atomic mass is 10.0. The molecule has 0 aliphatic carbocycles. The normalized spacial score (nSPS) is 25.0. The third-order valence-electron chi connectivity index (χ3n) is 3.33. The maximum absolute atomic E-state index is 12.2. The zero-order chi connectivity index (χ0) is 16.1. The maximum atomic E-state index is 12.2. The maximum Gasteiger partial charge on any atom is 0.353 e. The molecule has 1 saturated heterocycles. The van der Waals surface area contributed by atoms with Gasteiger partial charge in [-0.05, 0) is 18.2 Å². The van der Waals surface area contributed by atoms with Crippen molar-refractivity contribution in [2.24, 2.45) is 0 Å². The van der Waals surface area contributed by atoms with Crippen LogP contribution in [0.3, 0.4) is 0 Å². The van der Waals surface area contributed by atoms with E-state index in [-0.39, 0.29) is 10.6 Å². The number of carboxylic acids is 1. The lowest BCUT2D eigenvalue weighted by molar-refractivity contribution is -0.141. The van der Waals surface area contributed by atoms with E-state index in [1.165, 1.54) is 12.3 Å². The van der Waals surface area contributed by atoms with Crippen LogP contribution in [0.1, 0.15) is 5.69 Å². The number of hydrogen-bond acceptors (Lipinski definition) is 5. The number of β-lactam (4-membered cyclic amide) rings is 1. The van der Waals surface area contributed by atoms with Gasteiger partial charge < -0.3 is 5.11 Å². The molecule has 1 N–H and O–H groups in total. The van der Waals surface area contributed by atoms with Gasteiger partial charge in [-0.1, -0.05) is 17.7 Å². The Hall–Kier alpha value is -2.19. The molecule has 7 nitrogen and oxygen atoms in total. The molecule has 3 rings (SSSR count). The van der Waals surface area contributed by atoms with E-state index in [4.69, 9.17) is 16.7 Å². The van der Waals surface area contributed by atoms with Crippen LogP contribution in [-0.2, 0) is 19.4 Å². The number of carboxylic acid groups (broad SMARTS) is 1. The molecule has 9 heteroatoms. The summed E-state index contributed by atoms with van der Waals surface area (Å²) in [5.41, 5.74) is -0.0792. The molecular weight excluding hydrogens is 332 g/mol. The van der Waals surface area contributed by atoms with E-state index < -0.39 is 38.5 Å². The van der Waals surface area contributed by atoms with Gasteiger partial charge >= 0.3 is 5.97 Å². The number of rotatable bonds is 2. The number of sulfone groups is 1. The average Bonchev–Trinajstić information content (AvgIpc) is 2.44. The Morgan fingerprint density at radius 2 is 2.18 bits per heavy atom.